The molecule has 0 spiro atoms. The minimum Gasteiger partial charge on any atom is -0.491 e. The Hall–Kier alpha value is -0.683. The van der Waals surface area contributed by atoms with Crippen molar-refractivity contribution in [2.24, 2.45) is 0 Å². The molecule has 146 valence electrons. The molecule has 0 aliphatic heterocycles. The minimum absolute atomic E-state index is 0. The number of carbonyl (C=O) groups excluding carboxylic acids is 1. The van der Waals surface area contributed by atoms with Crippen molar-refractivity contribution < 1.29 is 33.1 Å². The van der Waals surface area contributed by atoms with Crippen molar-refractivity contribution in [2.75, 3.05) is 0 Å². The third-order valence-electron chi connectivity index (χ3n) is 4.21. The van der Waals surface area contributed by atoms with Crippen molar-refractivity contribution in [3.05, 3.63) is 52.0 Å². The first kappa shape index (κ1) is 25.4. The van der Waals surface area contributed by atoms with Crippen LogP contribution in [-0.4, -0.2) is 17.7 Å². The zero-order valence-corrected chi connectivity index (χ0v) is 19.5. The van der Waals surface area contributed by atoms with Gasteiger partial charge in [-0.1, -0.05) is 43.1 Å². The van der Waals surface area contributed by atoms with E-state index in [9.17, 15) is 4.79 Å². The van der Waals surface area contributed by atoms with Crippen LogP contribution in [0.5, 0.6) is 11.5 Å². The number of ether oxygens (including phenoxy) is 2. The van der Waals surface area contributed by atoms with Gasteiger partial charge in [0.05, 0.1) is 27.8 Å². The SMILES string of the molecule is CCC(C)Oc1ccc(PC(=O)c2c(Cl)cccc2Cl)c(OC(C)CC)c1.[Li+]. The fraction of sp³-hybridized carbons (Fsp3) is 0.381. The molecule has 2 rings (SSSR count). The summed E-state index contributed by atoms with van der Waals surface area (Å²) >= 11 is 12.4. The van der Waals surface area contributed by atoms with Crippen molar-refractivity contribution in [3.63, 3.8) is 0 Å². The van der Waals surface area contributed by atoms with Crippen LogP contribution < -0.4 is 33.6 Å². The molecule has 0 saturated carbocycles. The zero-order chi connectivity index (χ0) is 20.0. The van der Waals surface area contributed by atoms with E-state index in [-0.39, 0.29) is 45.2 Å². The second kappa shape index (κ2) is 12.1. The summed E-state index contributed by atoms with van der Waals surface area (Å²) in [7, 11) is -0.148. The van der Waals surface area contributed by atoms with Crippen LogP contribution in [0.3, 0.4) is 0 Å². The van der Waals surface area contributed by atoms with Crippen molar-refractivity contribution >= 4 is 42.6 Å². The Labute approximate surface area is 191 Å². The molecule has 7 heteroatoms. The summed E-state index contributed by atoms with van der Waals surface area (Å²) < 4.78 is 12.0. The van der Waals surface area contributed by atoms with E-state index in [1.165, 1.54) is 0 Å². The summed E-state index contributed by atoms with van der Waals surface area (Å²) in [6.07, 6.45) is 1.92. The Balaban J connectivity index is 0.00000392. The normalized spacial score (nSPS) is 13.1. The predicted octanol–water partition coefficient (Wildman–Crippen LogP) is 3.50. The Bertz CT molecular complexity index is 781. The quantitative estimate of drug-likeness (QED) is 0.448. The van der Waals surface area contributed by atoms with Crippen LogP contribution in [0.4, 0.5) is 0 Å². The van der Waals surface area contributed by atoms with Crippen molar-refractivity contribution in [1.82, 2.24) is 0 Å². The number of hydrogen-bond acceptors (Lipinski definition) is 3. The molecule has 0 bridgehead atoms. The average Bonchev–Trinajstić information content (AvgIpc) is 2.63. The molecular formula is C21H25Cl2LiO3P+. The number of halogens is 2. The largest absolute Gasteiger partial charge is 1.00 e. The molecule has 3 unspecified atom stereocenters. The maximum absolute atomic E-state index is 12.8. The van der Waals surface area contributed by atoms with Gasteiger partial charge < -0.3 is 9.47 Å². The second-order valence-electron chi connectivity index (χ2n) is 6.38. The molecule has 0 aromatic heterocycles. The Morgan fingerprint density at radius 1 is 1.00 bits per heavy atom. The average molecular weight is 434 g/mol. The summed E-state index contributed by atoms with van der Waals surface area (Å²) in [6, 6.07) is 10.7. The first-order valence-electron chi connectivity index (χ1n) is 9.08. The number of carbonyl (C=O) groups is 1. The summed E-state index contributed by atoms with van der Waals surface area (Å²) in [6.45, 7) is 8.15. The molecular weight excluding hydrogens is 409 g/mol. The molecule has 2 aromatic carbocycles. The van der Waals surface area contributed by atoms with E-state index in [1.807, 2.05) is 32.0 Å². The Kier molecular flexibility index (Phi) is 11.0. The van der Waals surface area contributed by atoms with Gasteiger partial charge in [0.25, 0.3) is 0 Å². The van der Waals surface area contributed by atoms with Crippen LogP contribution >= 0.6 is 31.8 Å². The number of rotatable bonds is 9. The predicted molar refractivity (Wildman–Crippen MR) is 116 cm³/mol. The fourth-order valence-corrected chi connectivity index (χ4v) is 4.08. The van der Waals surface area contributed by atoms with Crippen molar-refractivity contribution in [1.29, 1.82) is 0 Å². The summed E-state index contributed by atoms with van der Waals surface area (Å²) in [5, 5.41) is 1.54. The van der Waals surface area contributed by atoms with Gasteiger partial charge in [0.1, 0.15) is 11.5 Å². The van der Waals surface area contributed by atoms with E-state index < -0.39 is 0 Å². The summed E-state index contributed by atoms with van der Waals surface area (Å²) in [5.74, 6) is 1.40. The van der Waals surface area contributed by atoms with E-state index in [0.29, 0.717) is 21.4 Å². The van der Waals surface area contributed by atoms with Crippen LogP contribution in [0, 0.1) is 0 Å². The van der Waals surface area contributed by atoms with Crippen molar-refractivity contribution in [2.45, 2.75) is 52.7 Å². The minimum atomic E-state index is -0.148. The second-order valence-corrected chi connectivity index (χ2v) is 8.44. The van der Waals surface area contributed by atoms with Gasteiger partial charge in [-0.05, 0) is 59.5 Å². The number of hydrogen-bond donors (Lipinski definition) is 0. The topological polar surface area (TPSA) is 35.5 Å². The third kappa shape index (κ3) is 6.98. The monoisotopic (exact) mass is 433 g/mol. The van der Waals surface area contributed by atoms with Crippen LogP contribution in [-0.2, 0) is 0 Å². The molecule has 2 aromatic rings. The Morgan fingerprint density at radius 3 is 2.14 bits per heavy atom. The van der Waals surface area contributed by atoms with Gasteiger partial charge in [-0.2, -0.15) is 0 Å². The molecule has 0 amide bonds. The molecule has 0 aliphatic carbocycles. The molecule has 0 N–H and O–H groups in total. The molecule has 0 aliphatic rings. The molecule has 3 atom stereocenters. The molecule has 0 saturated heterocycles. The molecule has 0 fully saturated rings. The van der Waals surface area contributed by atoms with E-state index >= 15 is 0 Å². The van der Waals surface area contributed by atoms with E-state index in [0.717, 1.165) is 23.9 Å². The zero-order valence-electron chi connectivity index (χ0n) is 17.0. The summed E-state index contributed by atoms with van der Waals surface area (Å²) in [5.41, 5.74) is 0.240. The number of benzene rings is 2. The van der Waals surface area contributed by atoms with Crippen molar-refractivity contribution in [3.8, 4) is 11.5 Å². The van der Waals surface area contributed by atoms with E-state index in [4.69, 9.17) is 32.7 Å². The Morgan fingerprint density at radius 2 is 1.57 bits per heavy atom. The van der Waals surface area contributed by atoms with Gasteiger partial charge in [0.15, 0.2) is 5.52 Å². The van der Waals surface area contributed by atoms with E-state index in [2.05, 4.69) is 13.8 Å². The molecule has 3 nitrogen and oxygen atoms in total. The first-order valence-corrected chi connectivity index (χ1v) is 10.8. The molecule has 28 heavy (non-hydrogen) atoms. The first-order chi connectivity index (χ1) is 12.8. The van der Waals surface area contributed by atoms with Crippen LogP contribution in [0.1, 0.15) is 50.9 Å². The van der Waals surface area contributed by atoms with Gasteiger partial charge in [0, 0.05) is 11.4 Å². The molecule has 0 radical (unpaired) electrons. The molecule has 0 heterocycles. The maximum Gasteiger partial charge on any atom is 1.00 e. The van der Waals surface area contributed by atoms with Gasteiger partial charge in [0.2, 0.25) is 0 Å². The summed E-state index contributed by atoms with van der Waals surface area (Å²) in [4.78, 5) is 12.8. The fourth-order valence-electron chi connectivity index (χ4n) is 2.29. The van der Waals surface area contributed by atoms with Gasteiger partial charge in [-0.15, -0.1) is 0 Å². The maximum atomic E-state index is 12.8. The van der Waals surface area contributed by atoms with Crippen LogP contribution in [0.25, 0.3) is 0 Å². The standard InChI is InChI=1S/C21H25Cl2O3P.Li/c1-5-13(3)25-15-10-11-19(18(12-15)26-14(4)6-2)27-21(24)20-16(22)8-7-9-17(20)23;/h7-14,27H,5-6H2,1-4H3;/q;+1. The van der Waals surface area contributed by atoms with Gasteiger partial charge in [-0.25, -0.2) is 0 Å². The van der Waals surface area contributed by atoms with Gasteiger partial charge >= 0.3 is 18.9 Å². The van der Waals surface area contributed by atoms with Crippen LogP contribution in [0.15, 0.2) is 36.4 Å². The van der Waals surface area contributed by atoms with Crippen LogP contribution in [0.2, 0.25) is 10.0 Å². The van der Waals surface area contributed by atoms with E-state index in [1.54, 1.807) is 18.2 Å². The smallest absolute Gasteiger partial charge is 0.491 e. The third-order valence-corrected chi connectivity index (χ3v) is 6.00. The van der Waals surface area contributed by atoms with Gasteiger partial charge in [-0.3, -0.25) is 4.79 Å².